The van der Waals surface area contributed by atoms with Crippen molar-refractivity contribution in [3.8, 4) is 5.75 Å². The third-order valence-electron chi connectivity index (χ3n) is 3.32. The average Bonchev–Trinajstić information content (AvgIpc) is 2.46. The number of ether oxygens (including phenoxy) is 1. The molecule has 2 aromatic carbocycles. The number of hydrogen-bond acceptors (Lipinski definition) is 2. The molecule has 22 heavy (non-hydrogen) atoms. The Labute approximate surface area is 143 Å². The molecule has 0 aliphatic carbocycles. The summed E-state index contributed by atoms with van der Waals surface area (Å²) in [6, 6.07) is 11.6. The minimum Gasteiger partial charge on any atom is -0.486 e. The van der Waals surface area contributed by atoms with Crippen molar-refractivity contribution >= 4 is 33.5 Å². The molecule has 0 aromatic heterocycles. The second-order valence-electron chi connectivity index (χ2n) is 5.00. The summed E-state index contributed by atoms with van der Waals surface area (Å²) in [5, 5.41) is 9.21. The summed E-state index contributed by atoms with van der Waals surface area (Å²) < 4.78 is 6.55. The van der Waals surface area contributed by atoms with Crippen LogP contribution in [-0.2, 0) is 17.8 Å². The largest absolute Gasteiger partial charge is 0.486 e. The summed E-state index contributed by atoms with van der Waals surface area (Å²) in [4.78, 5) is 10.6. The summed E-state index contributed by atoms with van der Waals surface area (Å²) >= 11 is 9.69. The predicted molar refractivity (Wildman–Crippen MR) is 90.6 cm³/mol. The fraction of sp³-hybridized carbons (Fsp3) is 0.235. The van der Waals surface area contributed by atoms with Gasteiger partial charge in [-0.2, -0.15) is 0 Å². The topological polar surface area (TPSA) is 46.5 Å². The Kier molecular flexibility index (Phi) is 5.86. The third-order valence-corrected chi connectivity index (χ3v) is 4.19. The van der Waals surface area contributed by atoms with Crippen molar-refractivity contribution in [2.75, 3.05) is 0 Å². The van der Waals surface area contributed by atoms with Crippen molar-refractivity contribution in [2.45, 2.75) is 26.4 Å². The summed E-state index contributed by atoms with van der Waals surface area (Å²) in [6.45, 7) is 2.46. The van der Waals surface area contributed by atoms with Crippen LogP contribution < -0.4 is 4.74 Å². The fourth-order valence-electron chi connectivity index (χ4n) is 2.07. The van der Waals surface area contributed by atoms with E-state index in [0.29, 0.717) is 23.8 Å². The number of aliphatic carboxylic acids is 1. The van der Waals surface area contributed by atoms with Crippen molar-refractivity contribution < 1.29 is 14.6 Å². The highest BCUT2D eigenvalue weighted by Gasteiger charge is 2.11. The highest BCUT2D eigenvalue weighted by atomic mass is 79.9. The molecule has 0 aliphatic rings. The lowest BCUT2D eigenvalue weighted by atomic mass is 10.1. The first-order valence-electron chi connectivity index (χ1n) is 6.84. The van der Waals surface area contributed by atoms with Gasteiger partial charge in [0, 0.05) is 6.42 Å². The van der Waals surface area contributed by atoms with E-state index in [4.69, 9.17) is 21.4 Å². The molecule has 0 unspecified atom stereocenters. The van der Waals surface area contributed by atoms with E-state index in [1.54, 1.807) is 6.07 Å². The van der Waals surface area contributed by atoms with Crippen molar-refractivity contribution in [1.29, 1.82) is 0 Å². The number of aryl methyl sites for hydroxylation is 2. The molecule has 0 spiro atoms. The Morgan fingerprint density at radius 3 is 2.68 bits per heavy atom. The van der Waals surface area contributed by atoms with Crippen LogP contribution in [0.5, 0.6) is 5.75 Å². The summed E-state index contributed by atoms with van der Waals surface area (Å²) in [6.07, 6.45) is 0.512. The van der Waals surface area contributed by atoms with Crippen LogP contribution in [0.3, 0.4) is 0 Å². The monoisotopic (exact) mass is 382 g/mol. The number of rotatable bonds is 6. The Morgan fingerprint density at radius 1 is 1.32 bits per heavy atom. The SMILES string of the molecule is Cc1ccccc1COc1c(Cl)cc(CCC(=O)O)cc1Br. The molecular formula is C17H16BrClO3. The van der Waals surface area contributed by atoms with E-state index in [1.165, 1.54) is 0 Å². The Morgan fingerprint density at radius 2 is 2.05 bits per heavy atom. The molecule has 3 nitrogen and oxygen atoms in total. The van der Waals surface area contributed by atoms with Crippen LogP contribution in [0.2, 0.25) is 5.02 Å². The molecule has 0 fully saturated rings. The Bertz CT molecular complexity index is 662. The quantitative estimate of drug-likeness (QED) is 0.763. The van der Waals surface area contributed by atoms with Crippen molar-refractivity contribution in [1.82, 2.24) is 0 Å². The molecule has 5 heteroatoms. The van der Waals surface area contributed by atoms with Gasteiger partial charge >= 0.3 is 5.97 Å². The number of benzene rings is 2. The molecule has 0 saturated heterocycles. The molecule has 0 heterocycles. The van der Waals surface area contributed by atoms with Crippen LogP contribution in [0, 0.1) is 6.92 Å². The molecule has 2 rings (SSSR count). The second-order valence-corrected chi connectivity index (χ2v) is 6.26. The third kappa shape index (κ3) is 4.49. The summed E-state index contributed by atoms with van der Waals surface area (Å²) in [7, 11) is 0. The lowest BCUT2D eigenvalue weighted by molar-refractivity contribution is -0.136. The van der Waals surface area contributed by atoms with Crippen LogP contribution in [-0.4, -0.2) is 11.1 Å². The number of carboxylic acids is 1. The Hall–Kier alpha value is -1.52. The van der Waals surface area contributed by atoms with Gasteiger partial charge in [-0.05, 0) is 58.1 Å². The number of carbonyl (C=O) groups is 1. The number of hydrogen-bond donors (Lipinski definition) is 1. The molecule has 2 aromatic rings. The number of carboxylic acid groups (broad SMARTS) is 1. The van der Waals surface area contributed by atoms with E-state index < -0.39 is 5.97 Å². The van der Waals surface area contributed by atoms with Gasteiger partial charge in [0.25, 0.3) is 0 Å². The molecule has 0 aliphatic heterocycles. The van der Waals surface area contributed by atoms with Crippen LogP contribution in [0.25, 0.3) is 0 Å². The van der Waals surface area contributed by atoms with Gasteiger partial charge < -0.3 is 9.84 Å². The van der Waals surface area contributed by atoms with Gasteiger partial charge in [-0.3, -0.25) is 4.79 Å². The normalized spacial score (nSPS) is 10.5. The van der Waals surface area contributed by atoms with Gasteiger partial charge in [0.1, 0.15) is 6.61 Å². The van der Waals surface area contributed by atoms with E-state index in [2.05, 4.69) is 15.9 Å². The van der Waals surface area contributed by atoms with E-state index >= 15 is 0 Å². The first kappa shape index (κ1) is 16.8. The van der Waals surface area contributed by atoms with Crippen LogP contribution in [0.4, 0.5) is 0 Å². The fourth-order valence-corrected chi connectivity index (χ4v) is 3.10. The molecule has 0 atom stereocenters. The maximum Gasteiger partial charge on any atom is 0.303 e. The van der Waals surface area contributed by atoms with Crippen molar-refractivity contribution in [2.24, 2.45) is 0 Å². The van der Waals surface area contributed by atoms with E-state index in [9.17, 15) is 4.79 Å². The van der Waals surface area contributed by atoms with Gasteiger partial charge in [-0.15, -0.1) is 0 Å². The molecule has 116 valence electrons. The standard InChI is InChI=1S/C17H16BrClO3/c1-11-4-2-3-5-13(11)10-22-17-14(18)8-12(9-15(17)19)6-7-16(20)21/h2-5,8-9H,6-7,10H2,1H3,(H,20,21). The molecule has 0 bridgehead atoms. The lowest BCUT2D eigenvalue weighted by Gasteiger charge is -2.13. The molecule has 1 N–H and O–H groups in total. The van der Waals surface area contributed by atoms with Gasteiger partial charge in [-0.25, -0.2) is 0 Å². The maximum atomic E-state index is 10.6. The minimum absolute atomic E-state index is 0.0756. The molecule has 0 saturated carbocycles. The van der Waals surface area contributed by atoms with E-state index in [1.807, 2.05) is 37.3 Å². The second kappa shape index (κ2) is 7.65. The molecular weight excluding hydrogens is 368 g/mol. The van der Waals surface area contributed by atoms with E-state index in [-0.39, 0.29) is 6.42 Å². The Balaban J connectivity index is 2.11. The highest BCUT2D eigenvalue weighted by molar-refractivity contribution is 9.10. The molecule has 0 amide bonds. The van der Waals surface area contributed by atoms with Crippen LogP contribution >= 0.6 is 27.5 Å². The first-order valence-corrected chi connectivity index (χ1v) is 8.01. The van der Waals surface area contributed by atoms with Gasteiger partial charge in [0.15, 0.2) is 5.75 Å². The lowest BCUT2D eigenvalue weighted by Crippen LogP contribution is -2.01. The zero-order chi connectivity index (χ0) is 16.1. The first-order chi connectivity index (χ1) is 10.5. The van der Waals surface area contributed by atoms with Crippen LogP contribution in [0.1, 0.15) is 23.1 Å². The predicted octanol–water partition coefficient (Wildman–Crippen LogP) is 5.01. The molecule has 0 radical (unpaired) electrons. The summed E-state index contributed by atoms with van der Waals surface area (Å²) in [5.74, 6) is -0.254. The number of halogens is 2. The smallest absolute Gasteiger partial charge is 0.303 e. The van der Waals surface area contributed by atoms with Crippen molar-refractivity contribution in [3.05, 3.63) is 62.6 Å². The zero-order valence-electron chi connectivity index (χ0n) is 12.1. The van der Waals surface area contributed by atoms with Gasteiger partial charge in [0.2, 0.25) is 0 Å². The zero-order valence-corrected chi connectivity index (χ0v) is 14.4. The van der Waals surface area contributed by atoms with Crippen LogP contribution in [0.15, 0.2) is 40.9 Å². The highest BCUT2D eigenvalue weighted by Crippen LogP contribution is 2.35. The average molecular weight is 384 g/mol. The summed E-state index contributed by atoms with van der Waals surface area (Å²) in [5.41, 5.74) is 3.12. The van der Waals surface area contributed by atoms with Gasteiger partial charge in [-0.1, -0.05) is 35.9 Å². The van der Waals surface area contributed by atoms with Crippen molar-refractivity contribution in [3.63, 3.8) is 0 Å². The van der Waals surface area contributed by atoms with E-state index in [0.717, 1.165) is 21.2 Å². The maximum absolute atomic E-state index is 10.6. The minimum atomic E-state index is -0.827. The van der Waals surface area contributed by atoms with Gasteiger partial charge in [0.05, 0.1) is 9.50 Å².